The molecular formula is C19H25FN4O3. The lowest BCUT2D eigenvalue weighted by Crippen LogP contribution is -2.40. The summed E-state index contributed by atoms with van der Waals surface area (Å²) in [7, 11) is 0. The second-order valence-corrected chi connectivity index (χ2v) is 7.73. The number of carbonyl (C=O) groups is 2. The normalized spacial score (nSPS) is 15.7. The predicted octanol–water partition coefficient (Wildman–Crippen LogP) is 2.86. The Morgan fingerprint density at radius 3 is 2.48 bits per heavy atom. The highest BCUT2D eigenvalue weighted by Crippen LogP contribution is 2.18. The zero-order chi connectivity index (χ0) is 19.8. The van der Waals surface area contributed by atoms with Gasteiger partial charge in [-0.15, -0.1) is 0 Å². The Morgan fingerprint density at radius 2 is 1.78 bits per heavy atom. The maximum absolute atomic E-state index is 13.6. The molecule has 0 atom stereocenters. The van der Waals surface area contributed by atoms with E-state index in [4.69, 9.17) is 4.74 Å². The molecule has 1 fully saturated rings. The zero-order valence-corrected chi connectivity index (χ0v) is 16.2. The van der Waals surface area contributed by atoms with Crippen LogP contribution in [0.1, 0.15) is 43.4 Å². The first kappa shape index (κ1) is 19.1. The van der Waals surface area contributed by atoms with Crippen LogP contribution < -0.4 is 0 Å². The summed E-state index contributed by atoms with van der Waals surface area (Å²) in [5, 5.41) is 0. The van der Waals surface area contributed by atoms with E-state index in [9.17, 15) is 14.0 Å². The molecule has 27 heavy (non-hydrogen) atoms. The molecule has 1 saturated heterocycles. The lowest BCUT2D eigenvalue weighted by molar-refractivity contribution is 0.0255. The molecule has 2 aromatic heterocycles. The number of fused-ring (bicyclic) bond motifs is 1. The van der Waals surface area contributed by atoms with Gasteiger partial charge in [0.15, 0.2) is 0 Å². The predicted molar refractivity (Wildman–Crippen MR) is 98.2 cm³/mol. The number of halogens is 1. The Bertz CT molecular complexity index is 872. The second kappa shape index (κ2) is 7.17. The van der Waals surface area contributed by atoms with E-state index in [1.807, 2.05) is 20.8 Å². The molecule has 7 nitrogen and oxygen atoms in total. The molecule has 2 aromatic rings. The third-order valence-corrected chi connectivity index (χ3v) is 4.39. The number of aromatic nitrogens is 2. The summed E-state index contributed by atoms with van der Waals surface area (Å²) >= 11 is 0. The average molecular weight is 376 g/mol. The van der Waals surface area contributed by atoms with Crippen molar-refractivity contribution in [2.45, 2.75) is 39.7 Å². The van der Waals surface area contributed by atoms with Crippen LogP contribution in [0.2, 0.25) is 0 Å². The van der Waals surface area contributed by atoms with Gasteiger partial charge in [-0.05, 0) is 46.2 Å². The molecule has 0 bridgehead atoms. The number of carbonyl (C=O) groups excluding carboxylic acids is 2. The number of hydrogen-bond acceptors (Lipinski definition) is 4. The minimum atomic E-state index is -0.559. The summed E-state index contributed by atoms with van der Waals surface area (Å²) in [6.45, 7) is 9.04. The maximum atomic E-state index is 13.6. The number of pyridine rings is 1. The average Bonchev–Trinajstić information content (AvgIpc) is 2.74. The van der Waals surface area contributed by atoms with E-state index in [0.717, 1.165) is 0 Å². The largest absolute Gasteiger partial charge is 0.444 e. The standard InChI is InChI=1S/C19H25FN4O3/c1-13-16(24-12-14(20)6-7-15(24)21-13)17(25)22-8-5-9-23(11-10-22)18(26)27-19(2,3)4/h6-7,12H,5,8-11H2,1-4H3. The Labute approximate surface area is 157 Å². The van der Waals surface area contributed by atoms with Crippen molar-refractivity contribution in [3.63, 3.8) is 0 Å². The van der Waals surface area contributed by atoms with Gasteiger partial charge in [-0.3, -0.25) is 9.20 Å². The molecule has 146 valence electrons. The van der Waals surface area contributed by atoms with Crippen LogP contribution in [-0.2, 0) is 4.74 Å². The van der Waals surface area contributed by atoms with Crippen LogP contribution >= 0.6 is 0 Å². The van der Waals surface area contributed by atoms with Crippen LogP contribution in [0.25, 0.3) is 5.65 Å². The van der Waals surface area contributed by atoms with Gasteiger partial charge in [-0.2, -0.15) is 0 Å². The van der Waals surface area contributed by atoms with Crippen LogP contribution in [-0.4, -0.2) is 63.0 Å². The highest BCUT2D eigenvalue weighted by atomic mass is 19.1. The van der Waals surface area contributed by atoms with Crippen LogP contribution in [0.4, 0.5) is 9.18 Å². The van der Waals surface area contributed by atoms with Crippen molar-refractivity contribution >= 4 is 17.6 Å². The summed E-state index contributed by atoms with van der Waals surface area (Å²) < 4.78 is 20.5. The van der Waals surface area contributed by atoms with Gasteiger partial charge in [0.25, 0.3) is 5.91 Å². The van der Waals surface area contributed by atoms with Crippen molar-refractivity contribution in [1.29, 1.82) is 0 Å². The molecule has 0 N–H and O–H groups in total. The zero-order valence-electron chi connectivity index (χ0n) is 16.2. The van der Waals surface area contributed by atoms with Crippen molar-refractivity contribution in [3.8, 4) is 0 Å². The van der Waals surface area contributed by atoms with Gasteiger partial charge in [0, 0.05) is 32.4 Å². The van der Waals surface area contributed by atoms with Crippen LogP contribution in [0, 0.1) is 12.7 Å². The number of ether oxygens (including phenoxy) is 1. The molecule has 2 amide bonds. The first-order valence-electron chi connectivity index (χ1n) is 9.07. The lowest BCUT2D eigenvalue weighted by Gasteiger charge is -2.26. The number of hydrogen-bond donors (Lipinski definition) is 0. The van der Waals surface area contributed by atoms with Crippen molar-refractivity contribution in [2.24, 2.45) is 0 Å². The van der Waals surface area contributed by atoms with Gasteiger partial charge in [-0.25, -0.2) is 14.2 Å². The fourth-order valence-corrected chi connectivity index (χ4v) is 3.17. The fraction of sp³-hybridized carbons (Fsp3) is 0.526. The molecule has 0 unspecified atom stereocenters. The number of amides is 2. The van der Waals surface area contributed by atoms with Gasteiger partial charge in [0.05, 0.1) is 5.69 Å². The van der Waals surface area contributed by atoms with E-state index < -0.39 is 11.4 Å². The van der Waals surface area contributed by atoms with E-state index in [-0.39, 0.29) is 12.0 Å². The molecule has 0 aromatic carbocycles. The van der Waals surface area contributed by atoms with E-state index >= 15 is 0 Å². The number of imidazole rings is 1. The highest BCUT2D eigenvalue weighted by Gasteiger charge is 2.28. The molecule has 3 rings (SSSR count). The molecule has 3 heterocycles. The molecule has 8 heteroatoms. The number of nitrogens with zero attached hydrogens (tertiary/aromatic N) is 4. The molecule has 0 spiro atoms. The smallest absolute Gasteiger partial charge is 0.410 e. The second-order valence-electron chi connectivity index (χ2n) is 7.73. The van der Waals surface area contributed by atoms with E-state index in [0.29, 0.717) is 49.6 Å². The summed E-state index contributed by atoms with van der Waals surface area (Å²) in [5.41, 5.74) is 0.882. The first-order valence-corrected chi connectivity index (χ1v) is 9.07. The van der Waals surface area contributed by atoms with Gasteiger partial charge in [0.2, 0.25) is 0 Å². The van der Waals surface area contributed by atoms with Crippen molar-refractivity contribution in [3.05, 3.63) is 35.5 Å². The molecule has 0 aliphatic carbocycles. The van der Waals surface area contributed by atoms with Crippen LogP contribution in [0.15, 0.2) is 18.3 Å². The van der Waals surface area contributed by atoms with Crippen molar-refractivity contribution in [1.82, 2.24) is 19.2 Å². The van der Waals surface area contributed by atoms with Gasteiger partial charge in [-0.1, -0.05) is 0 Å². The van der Waals surface area contributed by atoms with Gasteiger partial charge in [0.1, 0.15) is 22.8 Å². The van der Waals surface area contributed by atoms with Gasteiger partial charge < -0.3 is 14.5 Å². The lowest BCUT2D eigenvalue weighted by atomic mass is 10.2. The van der Waals surface area contributed by atoms with E-state index in [1.165, 1.54) is 16.7 Å². The van der Waals surface area contributed by atoms with Crippen LogP contribution in [0.3, 0.4) is 0 Å². The minimum absolute atomic E-state index is 0.211. The third kappa shape index (κ3) is 4.20. The van der Waals surface area contributed by atoms with E-state index in [1.54, 1.807) is 22.8 Å². The maximum Gasteiger partial charge on any atom is 0.410 e. The fourth-order valence-electron chi connectivity index (χ4n) is 3.17. The summed E-state index contributed by atoms with van der Waals surface area (Å²) in [6.07, 6.45) is 1.55. The Hall–Kier alpha value is -2.64. The van der Waals surface area contributed by atoms with Crippen LogP contribution in [0.5, 0.6) is 0 Å². The minimum Gasteiger partial charge on any atom is -0.444 e. The number of rotatable bonds is 1. The molecule has 0 radical (unpaired) electrons. The molecule has 1 aliphatic heterocycles. The van der Waals surface area contributed by atoms with Crippen molar-refractivity contribution in [2.75, 3.05) is 26.2 Å². The SMILES string of the molecule is Cc1nc2ccc(F)cn2c1C(=O)N1CCCN(C(=O)OC(C)(C)C)CC1. The summed E-state index contributed by atoms with van der Waals surface area (Å²) in [4.78, 5) is 33.0. The Kier molecular flexibility index (Phi) is 5.08. The highest BCUT2D eigenvalue weighted by molar-refractivity contribution is 5.94. The molecular weight excluding hydrogens is 351 g/mol. The first-order chi connectivity index (χ1) is 12.7. The Morgan fingerprint density at radius 1 is 1.11 bits per heavy atom. The number of aryl methyl sites for hydroxylation is 1. The molecule has 0 saturated carbocycles. The third-order valence-electron chi connectivity index (χ3n) is 4.39. The molecule has 1 aliphatic rings. The monoisotopic (exact) mass is 376 g/mol. The van der Waals surface area contributed by atoms with Crippen molar-refractivity contribution < 1.29 is 18.7 Å². The Balaban J connectivity index is 1.76. The summed E-state index contributed by atoms with van der Waals surface area (Å²) in [6, 6.07) is 2.87. The van der Waals surface area contributed by atoms with E-state index in [2.05, 4.69) is 4.98 Å². The van der Waals surface area contributed by atoms with Gasteiger partial charge >= 0.3 is 6.09 Å². The topological polar surface area (TPSA) is 67.2 Å². The quantitative estimate of drug-likeness (QED) is 0.768. The summed E-state index contributed by atoms with van der Waals surface area (Å²) in [5.74, 6) is -0.641.